The van der Waals surface area contributed by atoms with Crippen LogP contribution in [-0.2, 0) is 17.4 Å². The third-order valence-electron chi connectivity index (χ3n) is 6.66. The molecule has 3 nitrogen and oxygen atoms in total. The van der Waals surface area contributed by atoms with E-state index in [2.05, 4.69) is 50.6 Å². The summed E-state index contributed by atoms with van der Waals surface area (Å²) in [5, 5.41) is 9.80. The van der Waals surface area contributed by atoms with E-state index in [0.717, 1.165) is 34.7 Å². The second-order valence-electron chi connectivity index (χ2n) is 10.2. The van der Waals surface area contributed by atoms with Gasteiger partial charge in [0.2, 0.25) is 0 Å². The van der Waals surface area contributed by atoms with E-state index < -0.39 is 5.97 Å². The van der Waals surface area contributed by atoms with Gasteiger partial charge in [-0.2, -0.15) is 0 Å². The zero-order valence-corrected chi connectivity index (χ0v) is 22.9. The van der Waals surface area contributed by atoms with Crippen LogP contribution in [0.5, 0.6) is 5.75 Å². The van der Waals surface area contributed by atoms with Gasteiger partial charge in [0.15, 0.2) is 0 Å². The molecule has 3 aromatic rings. The average molecular weight is 552 g/mol. The Bertz CT molecular complexity index is 1300. The molecule has 0 fully saturated rings. The Morgan fingerprint density at radius 1 is 1.00 bits per heavy atom. The second-order valence-corrected chi connectivity index (χ2v) is 12.5. The summed E-state index contributed by atoms with van der Waals surface area (Å²) in [5.74, 6) is 3.20. The first kappa shape index (κ1) is 25.4. The predicted octanol–water partition coefficient (Wildman–Crippen LogP) is 6.30. The molecule has 0 heterocycles. The summed E-state index contributed by atoms with van der Waals surface area (Å²) in [4.78, 5) is 14.4. The number of halogens is 1. The van der Waals surface area contributed by atoms with Crippen LogP contribution in [0.2, 0.25) is 5.02 Å². The molecule has 35 heavy (non-hydrogen) atoms. The molecule has 5 heteroatoms. The molecular weight excluding hydrogens is 523 g/mol. The molecule has 4 rings (SSSR count). The van der Waals surface area contributed by atoms with Crippen LogP contribution in [0.4, 0.5) is 0 Å². The number of hydrogen-bond donors (Lipinski definition) is 1. The molecule has 0 saturated carbocycles. The molecule has 1 N–H and O–H groups in total. The van der Waals surface area contributed by atoms with Gasteiger partial charge in [0.1, 0.15) is 0 Å². The Morgan fingerprint density at radius 3 is 2.31 bits per heavy atom. The summed E-state index contributed by atoms with van der Waals surface area (Å²) in [5.41, 5.74) is 4.92. The van der Waals surface area contributed by atoms with Crippen LogP contribution in [0.15, 0.2) is 60.7 Å². The van der Waals surface area contributed by atoms with Crippen molar-refractivity contribution in [3.05, 3.63) is 93.5 Å². The van der Waals surface area contributed by atoms with E-state index in [4.69, 9.17) is 21.4 Å². The van der Waals surface area contributed by atoms with Crippen LogP contribution in [0.25, 0.3) is 0 Å². The molecule has 0 atom stereocenters. The van der Waals surface area contributed by atoms with Gasteiger partial charge in [-0.25, -0.2) is 0 Å². The normalized spacial score (nSPS) is 15.5. The van der Waals surface area contributed by atoms with Crippen molar-refractivity contribution in [1.82, 2.24) is 0 Å². The fourth-order valence-electron chi connectivity index (χ4n) is 4.46. The minimum atomic E-state index is -0.931. The maximum absolute atomic E-state index is 11.1. The van der Waals surface area contributed by atoms with Gasteiger partial charge in [-0.1, -0.05) is 0 Å². The number of benzene rings is 3. The quantitative estimate of drug-likeness (QED) is 0.299. The Balaban J connectivity index is 1.66. The van der Waals surface area contributed by atoms with E-state index in [1.807, 2.05) is 24.3 Å². The van der Waals surface area contributed by atoms with Crippen LogP contribution in [-0.4, -0.2) is 26.0 Å². The molecule has 180 valence electrons. The third kappa shape index (κ3) is 5.93. The summed E-state index contributed by atoms with van der Waals surface area (Å²) in [6, 6.07) is 19.0. The molecular formula is C30H29ClO3Se. The van der Waals surface area contributed by atoms with Gasteiger partial charge >= 0.3 is 220 Å². The summed E-state index contributed by atoms with van der Waals surface area (Å²) < 4.78 is 7.65. The summed E-state index contributed by atoms with van der Waals surface area (Å²) in [6.07, 6.45) is 2.24. The third-order valence-corrected chi connectivity index (χ3v) is 8.33. The van der Waals surface area contributed by atoms with Gasteiger partial charge in [-0.15, -0.1) is 0 Å². The van der Waals surface area contributed by atoms with Crippen molar-refractivity contribution in [3.8, 4) is 16.5 Å². The SMILES string of the molecule is CC1(C)CCC(C)(C)c2c(OCc3ccc(Cl)cc3)cc([Se]C#Cc3ccc(C(=O)O)cc3)cc21. The molecule has 0 unspecified atom stereocenters. The van der Waals surface area contributed by atoms with E-state index in [0.29, 0.717) is 6.61 Å². The number of carboxylic acid groups (broad SMARTS) is 1. The number of carbonyl (C=O) groups is 1. The summed E-state index contributed by atoms with van der Waals surface area (Å²) >= 11 is 5.98. The zero-order chi connectivity index (χ0) is 25.2. The van der Waals surface area contributed by atoms with Crippen molar-refractivity contribution >= 4 is 37.0 Å². The zero-order valence-electron chi connectivity index (χ0n) is 20.4. The predicted molar refractivity (Wildman–Crippen MR) is 143 cm³/mol. The average Bonchev–Trinajstić information content (AvgIpc) is 2.82. The maximum atomic E-state index is 11.1. The van der Waals surface area contributed by atoms with Crippen LogP contribution in [0.1, 0.15) is 73.1 Å². The van der Waals surface area contributed by atoms with E-state index in [-0.39, 0.29) is 31.4 Å². The van der Waals surface area contributed by atoms with E-state index in [9.17, 15) is 4.79 Å². The van der Waals surface area contributed by atoms with Crippen molar-refractivity contribution < 1.29 is 14.6 Å². The van der Waals surface area contributed by atoms with E-state index in [1.54, 1.807) is 24.3 Å². The van der Waals surface area contributed by atoms with Gasteiger partial charge in [0, 0.05) is 0 Å². The van der Waals surface area contributed by atoms with Gasteiger partial charge in [0.25, 0.3) is 0 Å². The van der Waals surface area contributed by atoms with Crippen molar-refractivity contribution in [2.75, 3.05) is 0 Å². The standard InChI is InChI=1S/C30H29ClO3Se/c1-29(2)14-15-30(3,4)27-25(29)17-24(18-26(27)34-19-21-7-11-23(31)12-8-21)35-16-13-20-5-9-22(10-6-20)28(32)33/h5-12,17-18H,14-15,19H2,1-4H3,(H,32,33). The molecule has 0 radical (unpaired) electrons. The molecule has 0 aliphatic heterocycles. The topological polar surface area (TPSA) is 46.5 Å². The minimum absolute atomic E-state index is 0.0310. The summed E-state index contributed by atoms with van der Waals surface area (Å²) in [7, 11) is 0. The first-order valence-corrected chi connectivity index (χ1v) is 13.7. The fourth-order valence-corrected chi connectivity index (χ4v) is 5.91. The number of carboxylic acids is 1. The van der Waals surface area contributed by atoms with Gasteiger partial charge < -0.3 is 0 Å². The second kappa shape index (κ2) is 10.1. The van der Waals surface area contributed by atoms with Gasteiger partial charge in [-0.05, 0) is 0 Å². The Morgan fingerprint density at radius 2 is 1.66 bits per heavy atom. The first-order chi connectivity index (χ1) is 16.5. The van der Waals surface area contributed by atoms with Crippen LogP contribution >= 0.6 is 11.6 Å². The van der Waals surface area contributed by atoms with Crippen molar-refractivity contribution in [3.63, 3.8) is 0 Å². The number of hydrogen-bond acceptors (Lipinski definition) is 2. The van der Waals surface area contributed by atoms with Crippen LogP contribution in [0.3, 0.4) is 0 Å². The molecule has 3 aromatic carbocycles. The fraction of sp³-hybridized carbons (Fsp3) is 0.300. The molecule has 0 bridgehead atoms. The molecule has 0 spiro atoms. The molecule has 1 aliphatic rings. The van der Waals surface area contributed by atoms with Gasteiger partial charge in [-0.3, -0.25) is 0 Å². The molecule has 0 saturated heterocycles. The number of aromatic carboxylic acids is 1. The monoisotopic (exact) mass is 552 g/mol. The molecule has 1 aliphatic carbocycles. The van der Waals surface area contributed by atoms with Crippen molar-refractivity contribution in [1.29, 1.82) is 0 Å². The number of rotatable bonds is 5. The number of fused-ring (bicyclic) bond motifs is 1. The van der Waals surface area contributed by atoms with Crippen LogP contribution < -0.4 is 9.20 Å². The molecule has 0 amide bonds. The van der Waals surface area contributed by atoms with Gasteiger partial charge in [0.05, 0.1) is 0 Å². The van der Waals surface area contributed by atoms with E-state index >= 15 is 0 Å². The number of ether oxygens (including phenoxy) is 1. The Kier molecular flexibility index (Phi) is 7.34. The van der Waals surface area contributed by atoms with E-state index in [1.165, 1.54) is 15.6 Å². The van der Waals surface area contributed by atoms with Crippen molar-refractivity contribution in [2.45, 2.75) is 58.0 Å². The Labute approximate surface area is 219 Å². The molecule has 0 aromatic heterocycles. The first-order valence-electron chi connectivity index (χ1n) is 11.6. The van der Waals surface area contributed by atoms with Crippen molar-refractivity contribution in [2.24, 2.45) is 0 Å². The Hall–Kier alpha value is -2.70. The summed E-state index contributed by atoms with van der Waals surface area (Å²) in [6.45, 7) is 9.73. The van der Waals surface area contributed by atoms with Crippen LogP contribution in [0, 0.1) is 10.7 Å².